The lowest BCUT2D eigenvalue weighted by Gasteiger charge is -2.11. The molecule has 104 valence electrons. The van der Waals surface area contributed by atoms with Gasteiger partial charge in [-0.05, 0) is 19.1 Å². The predicted octanol–water partition coefficient (Wildman–Crippen LogP) is 1.69. The van der Waals surface area contributed by atoms with Gasteiger partial charge in [0.2, 0.25) is 0 Å². The predicted molar refractivity (Wildman–Crippen MR) is 58.5 cm³/mol. The molecule has 0 saturated heterocycles. The number of amides is 2. The number of carbonyl (C=O) groups is 2. The number of halogens is 3. The molecule has 19 heavy (non-hydrogen) atoms. The van der Waals surface area contributed by atoms with E-state index in [9.17, 15) is 22.8 Å². The normalized spacial score (nSPS) is 12.6. The molecule has 0 aliphatic heterocycles. The van der Waals surface area contributed by atoms with Gasteiger partial charge in [-0.3, -0.25) is 4.79 Å². The van der Waals surface area contributed by atoms with E-state index < -0.39 is 29.9 Å². The Morgan fingerprint density at radius 1 is 1.37 bits per heavy atom. The van der Waals surface area contributed by atoms with Crippen molar-refractivity contribution in [2.24, 2.45) is 0 Å². The summed E-state index contributed by atoms with van der Waals surface area (Å²) >= 11 is 0. The van der Waals surface area contributed by atoms with Gasteiger partial charge in [0, 0.05) is 0 Å². The summed E-state index contributed by atoms with van der Waals surface area (Å²) in [7, 11) is 0. The Labute approximate surface area is 105 Å². The summed E-state index contributed by atoms with van der Waals surface area (Å²) in [6, 6.07) is -0.254. The van der Waals surface area contributed by atoms with E-state index in [2.05, 4.69) is 15.6 Å². The maximum atomic E-state index is 12.2. The standard InChI is InChI=1S/C10H10F3N3O3/c1-5(8(17)18)15-9(19)16-6-2-3-7(14-4-6)10(11,12)13/h2-5H,1H3,(H,17,18)(H2,15,16,19)/t5-/m1/s1. The van der Waals surface area contributed by atoms with Gasteiger partial charge in [-0.2, -0.15) is 13.2 Å². The highest BCUT2D eigenvalue weighted by molar-refractivity contribution is 5.91. The molecule has 0 aliphatic carbocycles. The van der Waals surface area contributed by atoms with Crippen molar-refractivity contribution in [3.8, 4) is 0 Å². The number of carbonyl (C=O) groups excluding carboxylic acids is 1. The number of rotatable bonds is 3. The van der Waals surface area contributed by atoms with Crippen LogP contribution in [-0.4, -0.2) is 28.1 Å². The molecule has 3 N–H and O–H groups in total. The molecule has 0 fully saturated rings. The molecule has 1 aromatic heterocycles. The number of aromatic nitrogens is 1. The van der Waals surface area contributed by atoms with Gasteiger partial charge in [0.1, 0.15) is 11.7 Å². The molecule has 0 radical (unpaired) electrons. The summed E-state index contributed by atoms with van der Waals surface area (Å²) in [5.74, 6) is -1.24. The van der Waals surface area contributed by atoms with E-state index in [4.69, 9.17) is 5.11 Å². The van der Waals surface area contributed by atoms with Gasteiger partial charge in [-0.1, -0.05) is 0 Å². The van der Waals surface area contributed by atoms with E-state index in [0.29, 0.717) is 6.07 Å². The number of urea groups is 1. The molecule has 0 spiro atoms. The Balaban J connectivity index is 2.63. The van der Waals surface area contributed by atoms with E-state index in [1.54, 1.807) is 0 Å². The van der Waals surface area contributed by atoms with Crippen LogP contribution in [0.4, 0.5) is 23.7 Å². The quantitative estimate of drug-likeness (QED) is 0.784. The van der Waals surface area contributed by atoms with Crippen LogP contribution in [0.25, 0.3) is 0 Å². The van der Waals surface area contributed by atoms with Crippen LogP contribution in [0.2, 0.25) is 0 Å². The number of aliphatic carboxylic acids is 1. The number of nitrogens with zero attached hydrogens (tertiary/aromatic N) is 1. The third-order valence-corrected chi connectivity index (χ3v) is 2.03. The topological polar surface area (TPSA) is 91.3 Å². The average Bonchev–Trinajstić information content (AvgIpc) is 2.28. The Hall–Kier alpha value is -2.32. The molecule has 0 aromatic carbocycles. The monoisotopic (exact) mass is 277 g/mol. The summed E-state index contributed by atoms with van der Waals surface area (Å²) < 4.78 is 36.6. The first-order valence-electron chi connectivity index (χ1n) is 5.03. The van der Waals surface area contributed by atoms with Crippen LogP contribution < -0.4 is 10.6 Å². The largest absolute Gasteiger partial charge is 0.480 e. The minimum absolute atomic E-state index is 0.0167. The van der Waals surface area contributed by atoms with E-state index in [-0.39, 0.29) is 5.69 Å². The molecule has 2 amide bonds. The van der Waals surface area contributed by atoms with Gasteiger partial charge in [-0.25, -0.2) is 9.78 Å². The van der Waals surface area contributed by atoms with Gasteiger partial charge in [0.05, 0.1) is 11.9 Å². The van der Waals surface area contributed by atoms with Crippen molar-refractivity contribution < 1.29 is 27.9 Å². The highest BCUT2D eigenvalue weighted by Crippen LogP contribution is 2.27. The summed E-state index contributed by atoms with van der Waals surface area (Å²) in [5.41, 5.74) is -1.07. The molecule has 0 unspecified atom stereocenters. The third kappa shape index (κ3) is 4.45. The lowest BCUT2D eigenvalue weighted by Crippen LogP contribution is -2.40. The number of carboxylic acid groups (broad SMARTS) is 1. The van der Waals surface area contributed by atoms with E-state index in [1.807, 2.05) is 0 Å². The SMILES string of the molecule is C[C@@H](NC(=O)Nc1ccc(C(F)(F)F)nc1)C(=O)O. The van der Waals surface area contributed by atoms with Crippen LogP contribution in [0.5, 0.6) is 0 Å². The second kappa shape index (κ2) is 5.55. The minimum atomic E-state index is -4.56. The van der Waals surface area contributed by atoms with Gasteiger partial charge in [0.15, 0.2) is 0 Å². The second-order valence-electron chi connectivity index (χ2n) is 3.59. The van der Waals surface area contributed by atoms with E-state index >= 15 is 0 Å². The molecule has 9 heteroatoms. The van der Waals surface area contributed by atoms with Crippen LogP contribution in [0.3, 0.4) is 0 Å². The third-order valence-electron chi connectivity index (χ3n) is 2.03. The molecule has 0 bridgehead atoms. The zero-order valence-corrected chi connectivity index (χ0v) is 9.65. The number of hydrogen-bond donors (Lipinski definition) is 3. The van der Waals surface area contributed by atoms with Crippen LogP contribution in [0.1, 0.15) is 12.6 Å². The van der Waals surface area contributed by atoms with Crippen LogP contribution in [0, 0.1) is 0 Å². The maximum absolute atomic E-state index is 12.2. The molecule has 0 saturated carbocycles. The van der Waals surface area contributed by atoms with Gasteiger partial charge >= 0.3 is 18.2 Å². The number of nitrogens with one attached hydrogen (secondary N) is 2. The highest BCUT2D eigenvalue weighted by atomic mass is 19.4. The first-order chi connectivity index (χ1) is 8.70. The Kier molecular flexibility index (Phi) is 4.30. The number of anilines is 1. The van der Waals surface area contributed by atoms with Gasteiger partial charge < -0.3 is 15.7 Å². The fraction of sp³-hybridized carbons (Fsp3) is 0.300. The first-order valence-corrected chi connectivity index (χ1v) is 5.03. The molecule has 6 nitrogen and oxygen atoms in total. The summed E-state index contributed by atoms with van der Waals surface area (Å²) in [5, 5.41) is 12.8. The van der Waals surface area contributed by atoms with Crippen LogP contribution in [-0.2, 0) is 11.0 Å². The summed E-state index contributed by atoms with van der Waals surface area (Å²) in [6.45, 7) is 1.24. The number of carboxylic acids is 1. The van der Waals surface area contributed by atoms with Gasteiger partial charge in [0.25, 0.3) is 0 Å². The molecule has 1 rings (SSSR count). The number of alkyl halides is 3. The number of pyridine rings is 1. The van der Waals surface area contributed by atoms with Crippen molar-refractivity contribution in [2.75, 3.05) is 5.32 Å². The van der Waals surface area contributed by atoms with Crippen molar-refractivity contribution in [3.63, 3.8) is 0 Å². The zero-order chi connectivity index (χ0) is 14.6. The van der Waals surface area contributed by atoms with Crippen molar-refractivity contribution >= 4 is 17.7 Å². The van der Waals surface area contributed by atoms with Crippen molar-refractivity contribution in [3.05, 3.63) is 24.0 Å². The molecular formula is C10H10F3N3O3. The molecule has 1 heterocycles. The Morgan fingerprint density at radius 2 is 2.00 bits per heavy atom. The van der Waals surface area contributed by atoms with Crippen LogP contribution >= 0.6 is 0 Å². The smallest absolute Gasteiger partial charge is 0.433 e. The summed E-state index contributed by atoms with van der Waals surface area (Å²) in [6.07, 6.45) is -3.73. The Bertz CT molecular complexity index is 473. The average molecular weight is 277 g/mol. The second-order valence-corrected chi connectivity index (χ2v) is 3.59. The van der Waals surface area contributed by atoms with Crippen molar-refractivity contribution in [1.29, 1.82) is 0 Å². The zero-order valence-electron chi connectivity index (χ0n) is 9.65. The molecule has 1 atom stereocenters. The summed E-state index contributed by atoms with van der Waals surface area (Å²) in [4.78, 5) is 24.9. The lowest BCUT2D eigenvalue weighted by atomic mass is 10.3. The van der Waals surface area contributed by atoms with Crippen molar-refractivity contribution in [2.45, 2.75) is 19.1 Å². The lowest BCUT2D eigenvalue weighted by molar-refractivity contribution is -0.141. The molecular weight excluding hydrogens is 267 g/mol. The molecule has 0 aliphatic rings. The number of hydrogen-bond acceptors (Lipinski definition) is 3. The van der Waals surface area contributed by atoms with Crippen LogP contribution in [0.15, 0.2) is 18.3 Å². The van der Waals surface area contributed by atoms with E-state index in [0.717, 1.165) is 12.3 Å². The molecule has 1 aromatic rings. The minimum Gasteiger partial charge on any atom is -0.480 e. The van der Waals surface area contributed by atoms with E-state index in [1.165, 1.54) is 6.92 Å². The Morgan fingerprint density at radius 3 is 2.42 bits per heavy atom. The maximum Gasteiger partial charge on any atom is 0.433 e. The first kappa shape index (κ1) is 14.7. The fourth-order valence-corrected chi connectivity index (χ4v) is 1.06. The van der Waals surface area contributed by atoms with Gasteiger partial charge in [-0.15, -0.1) is 0 Å². The highest BCUT2D eigenvalue weighted by Gasteiger charge is 2.32. The van der Waals surface area contributed by atoms with Crippen molar-refractivity contribution in [1.82, 2.24) is 10.3 Å². The fourth-order valence-electron chi connectivity index (χ4n) is 1.06.